The standard InChI is InChI=1S/C13H13FN2/c1-10-3-2-4-13(16-10)9-15-12-7-5-11(14)6-8-12/h2-8,15H,9H2,1H3. The lowest BCUT2D eigenvalue weighted by Gasteiger charge is -2.06. The molecule has 0 saturated carbocycles. The predicted molar refractivity (Wildman–Crippen MR) is 62.7 cm³/mol. The van der Waals surface area contributed by atoms with Gasteiger partial charge in [-0.3, -0.25) is 4.98 Å². The average molecular weight is 216 g/mol. The Kier molecular flexibility index (Phi) is 3.15. The Balaban J connectivity index is 1.99. The van der Waals surface area contributed by atoms with Crippen molar-refractivity contribution in [1.29, 1.82) is 0 Å². The summed E-state index contributed by atoms with van der Waals surface area (Å²) < 4.78 is 12.7. The summed E-state index contributed by atoms with van der Waals surface area (Å²) in [6, 6.07) is 12.2. The van der Waals surface area contributed by atoms with Crippen molar-refractivity contribution in [2.75, 3.05) is 5.32 Å². The highest BCUT2D eigenvalue weighted by molar-refractivity contribution is 5.43. The second-order valence-electron chi connectivity index (χ2n) is 3.63. The van der Waals surface area contributed by atoms with Gasteiger partial charge < -0.3 is 5.32 Å². The largest absolute Gasteiger partial charge is 0.379 e. The summed E-state index contributed by atoms with van der Waals surface area (Å²) in [5.41, 5.74) is 2.87. The van der Waals surface area contributed by atoms with Crippen LogP contribution in [0.15, 0.2) is 42.5 Å². The van der Waals surface area contributed by atoms with E-state index in [-0.39, 0.29) is 5.82 Å². The molecular formula is C13H13FN2. The summed E-state index contributed by atoms with van der Waals surface area (Å²) >= 11 is 0. The Morgan fingerprint density at radius 2 is 1.88 bits per heavy atom. The first kappa shape index (κ1) is 10.6. The van der Waals surface area contributed by atoms with Crippen molar-refractivity contribution < 1.29 is 4.39 Å². The van der Waals surface area contributed by atoms with Gasteiger partial charge in [-0.05, 0) is 43.3 Å². The second kappa shape index (κ2) is 4.75. The highest BCUT2D eigenvalue weighted by atomic mass is 19.1. The fraction of sp³-hybridized carbons (Fsp3) is 0.154. The maximum atomic E-state index is 12.7. The minimum Gasteiger partial charge on any atom is -0.379 e. The van der Waals surface area contributed by atoms with Crippen molar-refractivity contribution >= 4 is 5.69 Å². The van der Waals surface area contributed by atoms with E-state index in [9.17, 15) is 4.39 Å². The number of benzene rings is 1. The van der Waals surface area contributed by atoms with E-state index in [2.05, 4.69) is 10.3 Å². The van der Waals surface area contributed by atoms with E-state index in [4.69, 9.17) is 0 Å². The molecule has 0 radical (unpaired) electrons. The number of nitrogens with one attached hydrogen (secondary N) is 1. The molecule has 0 unspecified atom stereocenters. The van der Waals surface area contributed by atoms with Gasteiger partial charge in [0.05, 0.1) is 12.2 Å². The van der Waals surface area contributed by atoms with Gasteiger partial charge in [0.1, 0.15) is 5.82 Å². The van der Waals surface area contributed by atoms with Crippen molar-refractivity contribution in [3.63, 3.8) is 0 Å². The number of hydrogen-bond donors (Lipinski definition) is 1. The molecule has 1 heterocycles. The van der Waals surface area contributed by atoms with Crippen LogP contribution in [0.25, 0.3) is 0 Å². The summed E-state index contributed by atoms with van der Waals surface area (Å²) in [6.07, 6.45) is 0. The minimum absolute atomic E-state index is 0.223. The zero-order valence-electron chi connectivity index (χ0n) is 9.07. The third kappa shape index (κ3) is 2.79. The van der Waals surface area contributed by atoms with E-state index in [1.165, 1.54) is 12.1 Å². The molecule has 0 aliphatic rings. The summed E-state index contributed by atoms with van der Waals surface area (Å²) in [6.45, 7) is 2.61. The van der Waals surface area contributed by atoms with Crippen molar-refractivity contribution in [3.8, 4) is 0 Å². The lowest BCUT2D eigenvalue weighted by atomic mass is 10.3. The van der Waals surface area contributed by atoms with Gasteiger partial charge >= 0.3 is 0 Å². The Morgan fingerprint density at radius 1 is 1.12 bits per heavy atom. The molecule has 2 nitrogen and oxygen atoms in total. The van der Waals surface area contributed by atoms with Crippen LogP contribution in [-0.2, 0) is 6.54 Å². The van der Waals surface area contributed by atoms with Crippen molar-refractivity contribution in [2.24, 2.45) is 0 Å². The van der Waals surface area contributed by atoms with E-state index in [0.717, 1.165) is 17.1 Å². The molecule has 16 heavy (non-hydrogen) atoms. The number of nitrogens with zero attached hydrogens (tertiary/aromatic N) is 1. The van der Waals surface area contributed by atoms with Crippen LogP contribution in [0.4, 0.5) is 10.1 Å². The molecule has 2 rings (SSSR count). The molecule has 0 bridgehead atoms. The zero-order chi connectivity index (χ0) is 11.4. The molecule has 0 fully saturated rings. The van der Waals surface area contributed by atoms with Crippen LogP contribution in [0.3, 0.4) is 0 Å². The maximum absolute atomic E-state index is 12.7. The first-order valence-corrected chi connectivity index (χ1v) is 5.16. The van der Waals surface area contributed by atoms with E-state index in [1.54, 1.807) is 12.1 Å². The Bertz CT molecular complexity index is 466. The van der Waals surface area contributed by atoms with Crippen molar-refractivity contribution in [2.45, 2.75) is 13.5 Å². The van der Waals surface area contributed by atoms with Gasteiger partial charge in [-0.15, -0.1) is 0 Å². The van der Waals surface area contributed by atoms with Crippen LogP contribution in [0.1, 0.15) is 11.4 Å². The molecule has 0 spiro atoms. The summed E-state index contributed by atoms with van der Waals surface area (Å²) in [5.74, 6) is -0.223. The molecule has 1 aromatic carbocycles. The molecular weight excluding hydrogens is 203 g/mol. The van der Waals surface area contributed by atoms with Crippen LogP contribution in [-0.4, -0.2) is 4.98 Å². The molecule has 0 amide bonds. The Hall–Kier alpha value is -1.90. The number of hydrogen-bond acceptors (Lipinski definition) is 2. The Morgan fingerprint density at radius 3 is 2.56 bits per heavy atom. The fourth-order valence-corrected chi connectivity index (χ4v) is 1.46. The average Bonchev–Trinajstić information content (AvgIpc) is 2.28. The molecule has 0 saturated heterocycles. The summed E-state index contributed by atoms with van der Waals surface area (Å²) in [7, 11) is 0. The topological polar surface area (TPSA) is 24.9 Å². The highest BCUT2D eigenvalue weighted by Crippen LogP contribution is 2.09. The van der Waals surface area contributed by atoms with Crippen molar-refractivity contribution in [3.05, 3.63) is 59.7 Å². The molecule has 0 aliphatic heterocycles. The SMILES string of the molecule is Cc1cccc(CNc2ccc(F)cc2)n1. The number of aryl methyl sites for hydroxylation is 1. The van der Waals surface area contributed by atoms with Crippen LogP contribution in [0, 0.1) is 12.7 Å². The van der Waals surface area contributed by atoms with E-state index >= 15 is 0 Å². The number of halogens is 1. The van der Waals surface area contributed by atoms with Crippen LogP contribution < -0.4 is 5.32 Å². The Labute approximate surface area is 94.2 Å². The van der Waals surface area contributed by atoms with E-state index in [0.29, 0.717) is 6.54 Å². The number of anilines is 1. The smallest absolute Gasteiger partial charge is 0.123 e. The molecule has 1 N–H and O–H groups in total. The predicted octanol–water partition coefficient (Wildman–Crippen LogP) is 3.14. The first-order valence-electron chi connectivity index (χ1n) is 5.16. The normalized spacial score (nSPS) is 10.1. The van der Waals surface area contributed by atoms with Gasteiger partial charge in [0.25, 0.3) is 0 Å². The lowest BCUT2D eigenvalue weighted by Crippen LogP contribution is -2.02. The van der Waals surface area contributed by atoms with E-state index < -0.39 is 0 Å². The van der Waals surface area contributed by atoms with Gasteiger partial charge in [-0.1, -0.05) is 6.07 Å². The number of rotatable bonds is 3. The van der Waals surface area contributed by atoms with Crippen molar-refractivity contribution in [1.82, 2.24) is 4.98 Å². The zero-order valence-corrected chi connectivity index (χ0v) is 9.07. The molecule has 82 valence electrons. The lowest BCUT2D eigenvalue weighted by molar-refractivity contribution is 0.628. The third-order valence-electron chi connectivity index (χ3n) is 2.26. The molecule has 2 aromatic rings. The second-order valence-corrected chi connectivity index (χ2v) is 3.63. The molecule has 3 heteroatoms. The van der Waals surface area contributed by atoms with Gasteiger partial charge in [0.2, 0.25) is 0 Å². The van der Waals surface area contributed by atoms with Gasteiger partial charge in [0, 0.05) is 11.4 Å². The monoisotopic (exact) mass is 216 g/mol. The number of pyridine rings is 1. The highest BCUT2D eigenvalue weighted by Gasteiger charge is 1.96. The van der Waals surface area contributed by atoms with Gasteiger partial charge in [-0.25, -0.2) is 4.39 Å². The number of aromatic nitrogens is 1. The van der Waals surface area contributed by atoms with Gasteiger partial charge in [0.15, 0.2) is 0 Å². The van der Waals surface area contributed by atoms with E-state index in [1.807, 2.05) is 25.1 Å². The van der Waals surface area contributed by atoms with Crippen LogP contribution in [0.2, 0.25) is 0 Å². The first-order chi connectivity index (χ1) is 7.74. The molecule has 1 aromatic heterocycles. The minimum atomic E-state index is -0.223. The summed E-state index contributed by atoms with van der Waals surface area (Å²) in [5, 5.41) is 3.19. The quantitative estimate of drug-likeness (QED) is 0.852. The maximum Gasteiger partial charge on any atom is 0.123 e. The van der Waals surface area contributed by atoms with Gasteiger partial charge in [-0.2, -0.15) is 0 Å². The van der Waals surface area contributed by atoms with Crippen LogP contribution in [0.5, 0.6) is 0 Å². The summed E-state index contributed by atoms with van der Waals surface area (Å²) in [4.78, 5) is 4.37. The molecule has 0 aliphatic carbocycles. The fourth-order valence-electron chi connectivity index (χ4n) is 1.46. The third-order valence-corrected chi connectivity index (χ3v) is 2.26. The van der Waals surface area contributed by atoms with Crippen LogP contribution >= 0.6 is 0 Å². The molecule has 0 atom stereocenters.